The molecule has 5 nitrogen and oxygen atoms in total. The van der Waals surface area contributed by atoms with Crippen LogP contribution in [0.1, 0.15) is 48.3 Å². The van der Waals surface area contributed by atoms with Gasteiger partial charge in [-0.1, -0.05) is 26.0 Å². The molecule has 0 fully saturated rings. The summed E-state index contributed by atoms with van der Waals surface area (Å²) in [6.07, 6.45) is 2.66. The van der Waals surface area contributed by atoms with Crippen LogP contribution in [0.2, 0.25) is 0 Å². The van der Waals surface area contributed by atoms with Crippen molar-refractivity contribution in [2.45, 2.75) is 47.3 Å². The van der Waals surface area contributed by atoms with Crippen LogP contribution in [0, 0.1) is 42.4 Å². The van der Waals surface area contributed by atoms with Crippen LogP contribution < -0.4 is 0 Å². The van der Waals surface area contributed by atoms with Gasteiger partial charge in [0.05, 0.1) is 11.6 Å². The second kappa shape index (κ2) is 9.58. The van der Waals surface area contributed by atoms with Crippen molar-refractivity contribution in [1.82, 2.24) is 4.57 Å². The maximum atomic E-state index is 12.3. The lowest BCUT2D eigenvalue weighted by molar-refractivity contribution is -0.139. The van der Waals surface area contributed by atoms with Gasteiger partial charge in [-0.3, -0.25) is 0 Å². The number of ether oxygens (including phenoxy) is 1. The van der Waals surface area contributed by atoms with Gasteiger partial charge in [0.15, 0.2) is 0 Å². The molecule has 0 aliphatic rings. The average molecular weight is 375 g/mol. The van der Waals surface area contributed by atoms with Gasteiger partial charge in [0.25, 0.3) is 0 Å². The van der Waals surface area contributed by atoms with Gasteiger partial charge in [0.1, 0.15) is 18.2 Å². The summed E-state index contributed by atoms with van der Waals surface area (Å²) < 4.78 is 7.47. The maximum absolute atomic E-state index is 12.3. The van der Waals surface area contributed by atoms with Gasteiger partial charge < -0.3 is 9.30 Å². The van der Waals surface area contributed by atoms with Crippen molar-refractivity contribution in [3.05, 3.63) is 64.0 Å². The van der Waals surface area contributed by atoms with E-state index in [-0.39, 0.29) is 12.2 Å². The molecule has 0 amide bonds. The Kier molecular flexibility index (Phi) is 7.18. The molecule has 0 unspecified atom stereocenters. The topological polar surface area (TPSA) is 78.8 Å². The SMILES string of the molecule is Cc1cc(/C=C(\C#N)C(=O)OCc2ccc(C#N)cc2)c(C)n1CCC(C)C. The number of aryl methyl sites for hydroxylation is 1. The summed E-state index contributed by atoms with van der Waals surface area (Å²) in [5.74, 6) is -0.0501. The quantitative estimate of drug-likeness (QED) is 0.400. The Morgan fingerprint density at radius 1 is 1.21 bits per heavy atom. The van der Waals surface area contributed by atoms with E-state index in [9.17, 15) is 10.1 Å². The lowest BCUT2D eigenvalue weighted by Crippen LogP contribution is -2.07. The Hall–Kier alpha value is -3.31. The minimum Gasteiger partial charge on any atom is -0.457 e. The summed E-state index contributed by atoms with van der Waals surface area (Å²) in [7, 11) is 0. The Bertz CT molecular complexity index is 951. The van der Waals surface area contributed by atoms with E-state index in [1.807, 2.05) is 32.1 Å². The number of esters is 1. The highest BCUT2D eigenvalue weighted by Crippen LogP contribution is 2.20. The third-order valence-electron chi connectivity index (χ3n) is 4.64. The zero-order valence-electron chi connectivity index (χ0n) is 16.8. The summed E-state index contributed by atoms with van der Waals surface area (Å²) >= 11 is 0. The second-order valence-corrected chi connectivity index (χ2v) is 7.22. The number of benzene rings is 1. The van der Waals surface area contributed by atoms with Crippen LogP contribution in [0.25, 0.3) is 6.08 Å². The summed E-state index contributed by atoms with van der Waals surface area (Å²) in [6.45, 7) is 9.36. The highest BCUT2D eigenvalue weighted by molar-refractivity contribution is 5.98. The fourth-order valence-electron chi connectivity index (χ4n) is 2.90. The van der Waals surface area contributed by atoms with E-state index in [0.717, 1.165) is 35.5 Å². The largest absolute Gasteiger partial charge is 0.457 e. The van der Waals surface area contributed by atoms with E-state index < -0.39 is 5.97 Å². The zero-order chi connectivity index (χ0) is 20.7. The maximum Gasteiger partial charge on any atom is 0.349 e. The van der Waals surface area contributed by atoms with Crippen molar-refractivity contribution in [3.63, 3.8) is 0 Å². The van der Waals surface area contributed by atoms with Crippen LogP contribution >= 0.6 is 0 Å². The number of hydrogen-bond donors (Lipinski definition) is 0. The molecule has 0 bridgehead atoms. The van der Waals surface area contributed by atoms with E-state index in [0.29, 0.717) is 11.5 Å². The first-order valence-electron chi connectivity index (χ1n) is 9.30. The summed E-state index contributed by atoms with van der Waals surface area (Å²) in [4.78, 5) is 12.3. The predicted octanol–water partition coefficient (Wildman–Crippen LogP) is 4.67. The Morgan fingerprint density at radius 3 is 2.46 bits per heavy atom. The molecule has 1 heterocycles. The smallest absolute Gasteiger partial charge is 0.349 e. The molecular formula is C23H25N3O2. The number of hydrogen-bond acceptors (Lipinski definition) is 4. The second-order valence-electron chi connectivity index (χ2n) is 7.22. The molecule has 0 N–H and O–H groups in total. The van der Waals surface area contributed by atoms with Crippen molar-refractivity contribution in [3.8, 4) is 12.1 Å². The van der Waals surface area contributed by atoms with E-state index in [1.54, 1.807) is 30.3 Å². The van der Waals surface area contributed by atoms with Crippen molar-refractivity contribution in [2.75, 3.05) is 0 Å². The third-order valence-corrected chi connectivity index (χ3v) is 4.64. The first kappa shape index (κ1) is 21.0. The third kappa shape index (κ3) is 5.34. The van der Waals surface area contributed by atoms with E-state index in [2.05, 4.69) is 18.4 Å². The Morgan fingerprint density at radius 2 is 1.89 bits per heavy atom. The van der Waals surface area contributed by atoms with Gasteiger partial charge in [0.2, 0.25) is 0 Å². The molecule has 0 atom stereocenters. The van der Waals surface area contributed by atoms with Gasteiger partial charge in [0, 0.05) is 17.9 Å². The number of carbonyl (C=O) groups is 1. The molecule has 0 radical (unpaired) electrons. The highest BCUT2D eigenvalue weighted by Gasteiger charge is 2.14. The van der Waals surface area contributed by atoms with Crippen LogP contribution in [-0.2, 0) is 22.7 Å². The standard InChI is InChI=1S/C23H25N3O2/c1-16(2)9-10-26-17(3)11-21(18(26)4)12-22(14-25)23(27)28-15-20-7-5-19(13-24)6-8-20/h5-8,11-12,16H,9-10,15H2,1-4H3/b22-12+. The van der Waals surface area contributed by atoms with Crippen molar-refractivity contribution < 1.29 is 9.53 Å². The van der Waals surface area contributed by atoms with E-state index in [1.165, 1.54) is 0 Å². The fourth-order valence-corrected chi connectivity index (χ4v) is 2.90. The fraction of sp³-hybridized carbons (Fsp3) is 0.348. The molecule has 5 heteroatoms. The number of nitriles is 2. The number of nitrogens with zero attached hydrogens (tertiary/aromatic N) is 3. The molecule has 144 valence electrons. The van der Waals surface area contributed by atoms with Crippen LogP contribution in [0.5, 0.6) is 0 Å². The lowest BCUT2D eigenvalue weighted by Gasteiger charge is -2.11. The van der Waals surface area contributed by atoms with E-state index in [4.69, 9.17) is 10.00 Å². The summed E-state index contributed by atoms with van der Waals surface area (Å²) in [6, 6.07) is 12.7. The van der Waals surface area contributed by atoms with Gasteiger partial charge in [-0.15, -0.1) is 0 Å². The predicted molar refractivity (Wildman–Crippen MR) is 108 cm³/mol. The van der Waals surface area contributed by atoms with Crippen LogP contribution in [0.4, 0.5) is 0 Å². The normalized spacial score (nSPS) is 11.2. The van der Waals surface area contributed by atoms with Gasteiger partial charge in [-0.25, -0.2) is 4.79 Å². The van der Waals surface area contributed by atoms with Gasteiger partial charge in [-0.2, -0.15) is 10.5 Å². The molecular weight excluding hydrogens is 350 g/mol. The molecule has 0 spiro atoms. The van der Waals surface area contributed by atoms with Crippen LogP contribution in [-0.4, -0.2) is 10.5 Å². The molecule has 0 saturated carbocycles. The number of rotatable bonds is 7. The van der Waals surface area contributed by atoms with Crippen LogP contribution in [0.15, 0.2) is 35.9 Å². The highest BCUT2D eigenvalue weighted by atomic mass is 16.5. The molecule has 0 aliphatic heterocycles. The van der Waals surface area contributed by atoms with E-state index >= 15 is 0 Å². The van der Waals surface area contributed by atoms with Gasteiger partial charge in [-0.05, 0) is 61.6 Å². The molecule has 0 aliphatic carbocycles. The Balaban J connectivity index is 2.12. The molecule has 1 aromatic carbocycles. The molecule has 28 heavy (non-hydrogen) atoms. The number of carbonyl (C=O) groups excluding carboxylic acids is 1. The first-order valence-corrected chi connectivity index (χ1v) is 9.30. The average Bonchev–Trinajstić information content (AvgIpc) is 2.95. The van der Waals surface area contributed by atoms with Crippen molar-refractivity contribution in [2.24, 2.45) is 5.92 Å². The van der Waals surface area contributed by atoms with Crippen molar-refractivity contribution in [1.29, 1.82) is 10.5 Å². The molecule has 1 aromatic heterocycles. The minimum absolute atomic E-state index is 0.0299. The van der Waals surface area contributed by atoms with Gasteiger partial charge >= 0.3 is 5.97 Å². The first-order chi connectivity index (χ1) is 13.3. The van der Waals surface area contributed by atoms with Crippen molar-refractivity contribution >= 4 is 12.0 Å². The Labute approximate surface area is 166 Å². The molecule has 2 rings (SSSR count). The van der Waals surface area contributed by atoms with Crippen LogP contribution in [0.3, 0.4) is 0 Å². The zero-order valence-corrected chi connectivity index (χ0v) is 16.8. The number of aromatic nitrogens is 1. The molecule has 0 saturated heterocycles. The molecule has 2 aromatic rings. The summed E-state index contributed by atoms with van der Waals surface area (Å²) in [5, 5.41) is 18.2. The summed E-state index contributed by atoms with van der Waals surface area (Å²) in [5.41, 5.74) is 4.27. The minimum atomic E-state index is -0.654. The monoisotopic (exact) mass is 375 g/mol. The lowest BCUT2D eigenvalue weighted by atomic mass is 10.1.